The van der Waals surface area contributed by atoms with Crippen LogP contribution in [0.4, 0.5) is 17.1 Å². The molecule has 0 saturated carbocycles. The molecule has 27 heavy (non-hydrogen) atoms. The van der Waals surface area contributed by atoms with Crippen LogP contribution in [0.25, 0.3) is 0 Å². The van der Waals surface area contributed by atoms with E-state index in [9.17, 15) is 4.79 Å². The van der Waals surface area contributed by atoms with E-state index in [4.69, 9.17) is 21.1 Å². The number of hydrogen-bond donors (Lipinski definition) is 2. The molecule has 0 fully saturated rings. The number of aromatic nitrogens is 1. The minimum Gasteiger partial charge on any atom is -0.497 e. The van der Waals surface area contributed by atoms with Gasteiger partial charge in [0, 0.05) is 16.8 Å². The number of ether oxygens (including phenoxy) is 2. The van der Waals surface area contributed by atoms with Crippen LogP contribution in [0.1, 0.15) is 10.5 Å². The topological polar surface area (TPSA) is 72.5 Å². The van der Waals surface area contributed by atoms with E-state index >= 15 is 0 Å². The molecule has 1 aromatic heterocycles. The lowest BCUT2D eigenvalue weighted by molar-refractivity contribution is 0.102. The van der Waals surface area contributed by atoms with Crippen LogP contribution in [-0.4, -0.2) is 25.1 Å². The lowest BCUT2D eigenvalue weighted by Gasteiger charge is -2.12. The smallest absolute Gasteiger partial charge is 0.274 e. The molecule has 0 saturated heterocycles. The molecule has 0 spiro atoms. The summed E-state index contributed by atoms with van der Waals surface area (Å²) in [5, 5.41) is 6.51. The molecule has 7 heteroatoms. The Hall–Kier alpha value is -3.25. The third-order valence-electron chi connectivity index (χ3n) is 3.76. The first-order chi connectivity index (χ1) is 13.1. The zero-order chi connectivity index (χ0) is 19.2. The van der Waals surface area contributed by atoms with Gasteiger partial charge in [0.2, 0.25) is 0 Å². The first-order valence-electron chi connectivity index (χ1n) is 8.11. The number of halogens is 1. The van der Waals surface area contributed by atoms with Gasteiger partial charge in [-0.2, -0.15) is 0 Å². The summed E-state index contributed by atoms with van der Waals surface area (Å²) in [4.78, 5) is 16.5. The number of amides is 1. The van der Waals surface area contributed by atoms with Crippen molar-refractivity contribution in [2.45, 2.75) is 0 Å². The van der Waals surface area contributed by atoms with E-state index in [0.29, 0.717) is 27.9 Å². The fraction of sp³-hybridized carbons (Fsp3) is 0.100. The normalized spacial score (nSPS) is 10.2. The second-order valence-corrected chi connectivity index (χ2v) is 6.02. The highest BCUT2D eigenvalue weighted by molar-refractivity contribution is 6.30. The SMILES string of the molecule is COc1ccc(OC)c(Nc2ccc(C(=O)Nc3cccc(Cl)c3)nc2)c1. The van der Waals surface area contributed by atoms with Gasteiger partial charge in [-0.25, -0.2) is 4.98 Å². The third-order valence-corrected chi connectivity index (χ3v) is 4.00. The van der Waals surface area contributed by atoms with Crippen LogP contribution in [0, 0.1) is 0 Å². The van der Waals surface area contributed by atoms with E-state index in [2.05, 4.69) is 15.6 Å². The Morgan fingerprint density at radius 3 is 2.52 bits per heavy atom. The van der Waals surface area contributed by atoms with Crippen LogP contribution in [0.3, 0.4) is 0 Å². The Kier molecular flexibility index (Phi) is 5.78. The Morgan fingerprint density at radius 1 is 1.00 bits per heavy atom. The predicted octanol–water partition coefficient (Wildman–Crippen LogP) is 4.75. The molecule has 0 aliphatic carbocycles. The molecule has 3 aromatic rings. The van der Waals surface area contributed by atoms with Crippen LogP contribution >= 0.6 is 11.6 Å². The molecule has 0 radical (unpaired) electrons. The van der Waals surface area contributed by atoms with Crippen LogP contribution in [0.2, 0.25) is 5.02 Å². The molecule has 6 nitrogen and oxygen atoms in total. The van der Waals surface area contributed by atoms with Gasteiger partial charge < -0.3 is 20.1 Å². The number of carbonyl (C=O) groups excluding carboxylic acids is 1. The van der Waals surface area contributed by atoms with Gasteiger partial charge in [0.25, 0.3) is 5.91 Å². The summed E-state index contributed by atoms with van der Waals surface area (Å²) < 4.78 is 10.6. The number of nitrogens with one attached hydrogen (secondary N) is 2. The highest BCUT2D eigenvalue weighted by Crippen LogP contribution is 2.31. The molecule has 0 aliphatic rings. The van der Waals surface area contributed by atoms with Crippen molar-refractivity contribution in [1.29, 1.82) is 0 Å². The summed E-state index contributed by atoms with van der Waals surface area (Å²) in [5.74, 6) is 1.05. The summed E-state index contributed by atoms with van der Waals surface area (Å²) in [6, 6.07) is 15.8. The van der Waals surface area contributed by atoms with Gasteiger partial charge in [-0.05, 0) is 42.5 Å². The van der Waals surface area contributed by atoms with E-state index < -0.39 is 0 Å². The largest absolute Gasteiger partial charge is 0.497 e. The van der Waals surface area contributed by atoms with Crippen molar-refractivity contribution in [1.82, 2.24) is 4.98 Å². The molecular weight excluding hydrogens is 366 g/mol. The first-order valence-corrected chi connectivity index (χ1v) is 8.49. The molecule has 1 amide bonds. The average Bonchev–Trinajstić information content (AvgIpc) is 2.68. The molecule has 2 N–H and O–H groups in total. The maximum Gasteiger partial charge on any atom is 0.274 e. The molecule has 138 valence electrons. The number of hydrogen-bond acceptors (Lipinski definition) is 5. The minimum absolute atomic E-state index is 0.290. The van der Waals surface area contributed by atoms with Gasteiger partial charge in [0.1, 0.15) is 17.2 Å². The number of methoxy groups -OCH3 is 2. The standard InChI is InChI=1S/C20H18ClN3O3/c1-26-16-7-9-19(27-2)18(11-16)23-15-6-8-17(22-12-15)20(25)24-14-5-3-4-13(21)10-14/h3-12,23H,1-2H3,(H,24,25). The molecule has 3 rings (SSSR count). The van der Waals surface area contributed by atoms with Crippen molar-refractivity contribution in [3.63, 3.8) is 0 Å². The minimum atomic E-state index is -0.317. The number of carbonyl (C=O) groups is 1. The Morgan fingerprint density at radius 2 is 1.85 bits per heavy atom. The van der Waals surface area contributed by atoms with Crippen molar-refractivity contribution in [3.8, 4) is 11.5 Å². The van der Waals surface area contributed by atoms with Gasteiger partial charge in [0.05, 0.1) is 31.8 Å². The number of anilines is 3. The van der Waals surface area contributed by atoms with Crippen molar-refractivity contribution in [2.24, 2.45) is 0 Å². The van der Waals surface area contributed by atoms with Crippen molar-refractivity contribution in [3.05, 3.63) is 71.5 Å². The average molecular weight is 384 g/mol. The summed E-state index contributed by atoms with van der Waals surface area (Å²) in [6.07, 6.45) is 1.58. The van der Waals surface area contributed by atoms with Crippen molar-refractivity contribution >= 4 is 34.6 Å². The van der Waals surface area contributed by atoms with Crippen LogP contribution < -0.4 is 20.1 Å². The summed E-state index contributed by atoms with van der Waals surface area (Å²) in [7, 11) is 3.19. The molecular formula is C20H18ClN3O3. The quantitative estimate of drug-likeness (QED) is 0.642. The second kappa shape index (κ2) is 8.42. The van der Waals surface area contributed by atoms with E-state index in [1.54, 1.807) is 62.9 Å². The maximum absolute atomic E-state index is 12.3. The van der Waals surface area contributed by atoms with Crippen molar-refractivity contribution in [2.75, 3.05) is 24.9 Å². The summed E-state index contributed by atoms with van der Waals surface area (Å²) in [5.41, 5.74) is 2.34. The maximum atomic E-state index is 12.3. The number of pyridine rings is 1. The molecule has 0 atom stereocenters. The molecule has 0 bridgehead atoms. The zero-order valence-corrected chi connectivity index (χ0v) is 15.6. The Balaban J connectivity index is 1.73. The van der Waals surface area contributed by atoms with Gasteiger partial charge in [-0.1, -0.05) is 17.7 Å². The van der Waals surface area contributed by atoms with Crippen LogP contribution in [0.15, 0.2) is 60.8 Å². The molecule has 0 unspecified atom stereocenters. The molecule has 1 heterocycles. The number of benzene rings is 2. The highest BCUT2D eigenvalue weighted by Gasteiger charge is 2.10. The monoisotopic (exact) mass is 383 g/mol. The third kappa shape index (κ3) is 4.68. The lowest BCUT2D eigenvalue weighted by atomic mass is 10.2. The van der Waals surface area contributed by atoms with Gasteiger partial charge in [0.15, 0.2) is 0 Å². The van der Waals surface area contributed by atoms with E-state index in [1.807, 2.05) is 12.1 Å². The van der Waals surface area contributed by atoms with Crippen LogP contribution in [0.5, 0.6) is 11.5 Å². The van der Waals surface area contributed by atoms with E-state index in [-0.39, 0.29) is 11.6 Å². The van der Waals surface area contributed by atoms with Gasteiger partial charge in [-0.3, -0.25) is 4.79 Å². The van der Waals surface area contributed by atoms with E-state index in [0.717, 1.165) is 5.69 Å². The fourth-order valence-corrected chi connectivity index (χ4v) is 2.62. The zero-order valence-electron chi connectivity index (χ0n) is 14.8. The Bertz CT molecular complexity index is 945. The highest BCUT2D eigenvalue weighted by atomic mass is 35.5. The lowest BCUT2D eigenvalue weighted by Crippen LogP contribution is -2.13. The number of nitrogens with zero attached hydrogens (tertiary/aromatic N) is 1. The molecule has 2 aromatic carbocycles. The summed E-state index contributed by atoms with van der Waals surface area (Å²) >= 11 is 5.92. The summed E-state index contributed by atoms with van der Waals surface area (Å²) in [6.45, 7) is 0. The first kappa shape index (κ1) is 18.5. The van der Waals surface area contributed by atoms with Crippen molar-refractivity contribution < 1.29 is 14.3 Å². The van der Waals surface area contributed by atoms with Gasteiger partial charge >= 0.3 is 0 Å². The van der Waals surface area contributed by atoms with Gasteiger partial charge in [-0.15, -0.1) is 0 Å². The number of rotatable bonds is 6. The Labute approximate surface area is 162 Å². The fourth-order valence-electron chi connectivity index (χ4n) is 2.43. The van der Waals surface area contributed by atoms with E-state index in [1.165, 1.54) is 0 Å². The van der Waals surface area contributed by atoms with Crippen LogP contribution in [-0.2, 0) is 0 Å². The molecule has 0 aliphatic heterocycles. The second-order valence-electron chi connectivity index (χ2n) is 5.59. The predicted molar refractivity (Wildman–Crippen MR) is 106 cm³/mol.